The quantitative estimate of drug-likeness (QED) is 0.769. The molecule has 2 heterocycles. The van der Waals surface area contributed by atoms with Gasteiger partial charge in [-0.05, 0) is 37.8 Å². The third kappa shape index (κ3) is 3.90. The van der Waals surface area contributed by atoms with Gasteiger partial charge in [-0.3, -0.25) is 4.79 Å². The number of piperidine rings is 1. The minimum Gasteiger partial charge on any atom is -0.452 e. The highest BCUT2D eigenvalue weighted by Crippen LogP contribution is 2.24. The summed E-state index contributed by atoms with van der Waals surface area (Å²) in [5, 5.41) is 4.49. The van der Waals surface area contributed by atoms with Crippen molar-refractivity contribution in [2.45, 2.75) is 26.7 Å². The van der Waals surface area contributed by atoms with E-state index in [9.17, 15) is 9.59 Å². The van der Waals surface area contributed by atoms with Crippen molar-refractivity contribution in [3.8, 4) is 5.69 Å². The average Bonchev–Trinajstić information content (AvgIpc) is 2.95. The zero-order chi connectivity index (χ0) is 18.7. The number of esters is 1. The number of ether oxygens (including phenoxy) is 1. The van der Waals surface area contributed by atoms with E-state index in [2.05, 4.69) is 12.0 Å². The van der Waals surface area contributed by atoms with E-state index in [1.54, 1.807) is 11.8 Å². The summed E-state index contributed by atoms with van der Waals surface area (Å²) in [6.07, 6.45) is 1.96. The lowest BCUT2D eigenvalue weighted by Crippen LogP contribution is -2.40. The highest BCUT2D eigenvalue weighted by Gasteiger charge is 2.25. The fraction of sp³-hybridized carbons (Fsp3) is 0.421. The molecule has 1 aliphatic heterocycles. The summed E-state index contributed by atoms with van der Waals surface area (Å²) in [6, 6.07) is 9.29. The Kier molecular flexibility index (Phi) is 5.61. The fourth-order valence-corrected chi connectivity index (χ4v) is 3.37. The van der Waals surface area contributed by atoms with E-state index in [-0.39, 0.29) is 23.2 Å². The number of aryl methyl sites for hydroxylation is 1. The lowest BCUT2D eigenvalue weighted by atomic mass is 9.99. The largest absolute Gasteiger partial charge is 0.452 e. The number of carbonyl (C=O) groups excluding carboxylic acids is 2. The molecule has 0 atom stereocenters. The molecule has 1 aromatic heterocycles. The fourth-order valence-electron chi connectivity index (χ4n) is 3.02. The monoisotopic (exact) mass is 375 g/mol. The Bertz CT molecular complexity index is 796. The summed E-state index contributed by atoms with van der Waals surface area (Å²) < 4.78 is 6.70. The maximum Gasteiger partial charge on any atom is 0.343 e. The molecule has 7 heteroatoms. The van der Waals surface area contributed by atoms with Crippen LogP contribution in [0.1, 0.15) is 35.8 Å². The molecular weight excluding hydrogens is 354 g/mol. The third-order valence-electron chi connectivity index (χ3n) is 4.67. The van der Waals surface area contributed by atoms with Crippen LogP contribution in [0.15, 0.2) is 30.3 Å². The van der Waals surface area contributed by atoms with Crippen LogP contribution < -0.4 is 0 Å². The van der Waals surface area contributed by atoms with Gasteiger partial charge in [0.1, 0.15) is 10.7 Å². The van der Waals surface area contributed by atoms with Crippen molar-refractivity contribution in [2.75, 3.05) is 19.7 Å². The summed E-state index contributed by atoms with van der Waals surface area (Å²) in [7, 11) is 0. The molecule has 1 fully saturated rings. The van der Waals surface area contributed by atoms with Gasteiger partial charge in [0, 0.05) is 13.1 Å². The molecule has 0 saturated carbocycles. The molecule has 1 saturated heterocycles. The van der Waals surface area contributed by atoms with Gasteiger partial charge in [0.25, 0.3) is 5.91 Å². The van der Waals surface area contributed by atoms with E-state index in [1.807, 2.05) is 30.3 Å². The maximum absolute atomic E-state index is 12.4. The van der Waals surface area contributed by atoms with E-state index >= 15 is 0 Å². The molecule has 0 spiro atoms. The smallest absolute Gasteiger partial charge is 0.343 e. The van der Waals surface area contributed by atoms with Gasteiger partial charge in [-0.1, -0.05) is 36.7 Å². The first kappa shape index (κ1) is 18.5. The Morgan fingerprint density at radius 2 is 1.88 bits per heavy atom. The highest BCUT2D eigenvalue weighted by atomic mass is 35.5. The predicted octanol–water partition coefficient (Wildman–Crippen LogP) is 3.25. The van der Waals surface area contributed by atoms with Crippen molar-refractivity contribution in [1.29, 1.82) is 0 Å². The van der Waals surface area contributed by atoms with Gasteiger partial charge in [-0.25, -0.2) is 9.48 Å². The van der Waals surface area contributed by atoms with Crippen LogP contribution in [-0.4, -0.2) is 46.3 Å². The van der Waals surface area contributed by atoms with E-state index in [1.165, 1.54) is 4.68 Å². The number of aromatic nitrogens is 2. The molecule has 1 amide bonds. The van der Waals surface area contributed by atoms with Crippen molar-refractivity contribution in [2.24, 2.45) is 5.92 Å². The van der Waals surface area contributed by atoms with Gasteiger partial charge in [0.05, 0.1) is 11.4 Å². The summed E-state index contributed by atoms with van der Waals surface area (Å²) in [5.41, 5.74) is 1.40. The molecule has 3 rings (SSSR count). The number of para-hydroxylation sites is 1. The minimum atomic E-state index is -0.631. The SMILES string of the molecule is Cc1nn(-c2ccccc2)c(Cl)c1C(=O)OCC(=O)N1CCC(C)CC1. The minimum absolute atomic E-state index is 0.172. The zero-order valence-corrected chi connectivity index (χ0v) is 15.7. The van der Waals surface area contributed by atoms with Crippen LogP contribution in [-0.2, 0) is 9.53 Å². The van der Waals surface area contributed by atoms with Crippen LogP contribution in [0.25, 0.3) is 5.69 Å². The Labute approximate surface area is 157 Å². The molecule has 138 valence electrons. The first-order chi connectivity index (χ1) is 12.5. The number of carbonyl (C=O) groups is 2. The summed E-state index contributed by atoms with van der Waals surface area (Å²) in [4.78, 5) is 26.4. The maximum atomic E-state index is 12.4. The first-order valence-corrected chi connectivity index (χ1v) is 9.10. The van der Waals surface area contributed by atoms with Gasteiger partial charge >= 0.3 is 5.97 Å². The van der Waals surface area contributed by atoms with Crippen molar-refractivity contribution in [3.63, 3.8) is 0 Å². The number of rotatable bonds is 4. The zero-order valence-electron chi connectivity index (χ0n) is 14.9. The standard InChI is InChI=1S/C19H22ClN3O3/c1-13-8-10-22(11-9-13)16(24)12-26-19(25)17-14(2)21-23(18(17)20)15-6-4-3-5-7-15/h3-7,13H,8-12H2,1-2H3. The molecule has 0 radical (unpaired) electrons. The van der Waals surface area contributed by atoms with E-state index in [0.29, 0.717) is 24.7 Å². The topological polar surface area (TPSA) is 64.4 Å². The Balaban J connectivity index is 1.67. The second-order valence-electron chi connectivity index (χ2n) is 6.64. The molecule has 0 aliphatic carbocycles. The second kappa shape index (κ2) is 7.91. The lowest BCUT2D eigenvalue weighted by molar-refractivity contribution is -0.135. The Morgan fingerprint density at radius 3 is 2.54 bits per heavy atom. The Hall–Kier alpha value is -2.34. The van der Waals surface area contributed by atoms with Crippen LogP contribution in [0.5, 0.6) is 0 Å². The predicted molar refractivity (Wildman–Crippen MR) is 98.6 cm³/mol. The first-order valence-electron chi connectivity index (χ1n) is 8.72. The molecule has 1 aromatic carbocycles. The molecule has 0 bridgehead atoms. The third-order valence-corrected chi connectivity index (χ3v) is 5.02. The molecule has 0 unspecified atom stereocenters. The molecule has 26 heavy (non-hydrogen) atoms. The lowest BCUT2D eigenvalue weighted by Gasteiger charge is -2.30. The van der Waals surface area contributed by atoms with E-state index in [0.717, 1.165) is 18.5 Å². The average molecular weight is 376 g/mol. The number of nitrogens with zero attached hydrogens (tertiary/aromatic N) is 3. The number of halogens is 1. The summed E-state index contributed by atoms with van der Waals surface area (Å²) in [5.74, 6) is -0.172. The van der Waals surface area contributed by atoms with E-state index in [4.69, 9.17) is 16.3 Å². The number of hydrogen-bond acceptors (Lipinski definition) is 4. The van der Waals surface area contributed by atoms with E-state index < -0.39 is 5.97 Å². The van der Waals surface area contributed by atoms with Gasteiger partial charge in [-0.2, -0.15) is 5.10 Å². The van der Waals surface area contributed by atoms with Crippen molar-refractivity contribution < 1.29 is 14.3 Å². The Morgan fingerprint density at radius 1 is 1.23 bits per heavy atom. The van der Waals surface area contributed by atoms with Crippen LogP contribution in [0.3, 0.4) is 0 Å². The molecular formula is C19H22ClN3O3. The van der Waals surface area contributed by atoms with Crippen LogP contribution in [0.2, 0.25) is 5.15 Å². The van der Waals surface area contributed by atoms with Crippen LogP contribution in [0, 0.1) is 12.8 Å². The van der Waals surface area contributed by atoms with Crippen LogP contribution in [0.4, 0.5) is 0 Å². The second-order valence-corrected chi connectivity index (χ2v) is 7.00. The van der Waals surface area contributed by atoms with Gasteiger partial charge < -0.3 is 9.64 Å². The highest BCUT2D eigenvalue weighted by molar-refractivity contribution is 6.33. The van der Waals surface area contributed by atoms with Crippen LogP contribution >= 0.6 is 11.6 Å². The molecule has 1 aliphatic rings. The van der Waals surface area contributed by atoms with Gasteiger partial charge in [-0.15, -0.1) is 0 Å². The summed E-state index contributed by atoms with van der Waals surface area (Å²) in [6.45, 7) is 5.01. The number of benzene rings is 1. The normalized spacial score (nSPS) is 15.1. The van der Waals surface area contributed by atoms with Crippen molar-refractivity contribution in [3.05, 3.63) is 46.7 Å². The van der Waals surface area contributed by atoms with Crippen molar-refractivity contribution >= 4 is 23.5 Å². The molecule has 6 nitrogen and oxygen atoms in total. The van der Waals surface area contributed by atoms with Gasteiger partial charge in [0.15, 0.2) is 6.61 Å². The number of hydrogen-bond donors (Lipinski definition) is 0. The number of amides is 1. The number of likely N-dealkylation sites (tertiary alicyclic amines) is 1. The van der Waals surface area contributed by atoms with Gasteiger partial charge in [0.2, 0.25) is 0 Å². The van der Waals surface area contributed by atoms with Crippen molar-refractivity contribution in [1.82, 2.24) is 14.7 Å². The molecule has 0 N–H and O–H groups in total. The summed E-state index contributed by atoms with van der Waals surface area (Å²) >= 11 is 6.34. The molecule has 2 aromatic rings.